The molecule has 1 N–H and O–H groups in total. The molecule has 2 heterocycles. The van der Waals surface area contributed by atoms with Crippen LogP contribution in [0.1, 0.15) is 20.9 Å². The molecule has 1 aromatic carbocycles. The summed E-state index contributed by atoms with van der Waals surface area (Å²) in [5.41, 5.74) is 1.86. The summed E-state index contributed by atoms with van der Waals surface area (Å²) in [5, 5.41) is 9.37. The largest absolute Gasteiger partial charge is 0.351 e. The highest BCUT2D eigenvalue weighted by Crippen LogP contribution is 2.28. The van der Waals surface area contributed by atoms with Crippen LogP contribution in [0, 0.1) is 6.92 Å². The van der Waals surface area contributed by atoms with Gasteiger partial charge in [-0.25, -0.2) is 0 Å². The molecule has 120 valence electrons. The number of aryl methyl sites for hydroxylation is 2. The summed E-state index contributed by atoms with van der Waals surface area (Å²) in [7, 11) is 1.88. The number of amides is 1. The number of rotatable bonds is 4. The molecular weight excluding hydrogens is 353 g/mol. The van der Waals surface area contributed by atoms with E-state index in [1.165, 1.54) is 11.3 Å². The van der Waals surface area contributed by atoms with Gasteiger partial charge in [-0.1, -0.05) is 35.3 Å². The highest BCUT2D eigenvalue weighted by Gasteiger charge is 2.15. The molecule has 4 nitrogen and oxygen atoms in total. The first-order valence-electron chi connectivity index (χ1n) is 7.11. The molecule has 23 heavy (non-hydrogen) atoms. The maximum Gasteiger partial charge on any atom is 0.261 e. The normalized spacial score (nSPS) is 11.1. The third-order valence-corrected chi connectivity index (χ3v) is 5.69. The first-order valence-corrected chi connectivity index (χ1v) is 8.69. The van der Waals surface area contributed by atoms with E-state index < -0.39 is 0 Å². The van der Waals surface area contributed by atoms with Gasteiger partial charge in [0, 0.05) is 19.0 Å². The Morgan fingerprint density at radius 2 is 2.17 bits per heavy atom. The van der Waals surface area contributed by atoms with Crippen molar-refractivity contribution >= 4 is 50.7 Å². The summed E-state index contributed by atoms with van der Waals surface area (Å²) in [4.78, 5) is 14.0. The molecule has 0 atom stereocenters. The molecule has 7 heteroatoms. The van der Waals surface area contributed by atoms with E-state index in [9.17, 15) is 4.79 Å². The van der Waals surface area contributed by atoms with Gasteiger partial charge in [0.1, 0.15) is 4.83 Å². The third kappa shape index (κ3) is 3.22. The fraction of sp³-hybridized carbons (Fsp3) is 0.250. The van der Waals surface area contributed by atoms with E-state index >= 15 is 0 Å². The Labute approximate surface area is 148 Å². The van der Waals surface area contributed by atoms with Crippen LogP contribution in [0.4, 0.5) is 0 Å². The van der Waals surface area contributed by atoms with Crippen LogP contribution in [0.5, 0.6) is 0 Å². The summed E-state index contributed by atoms with van der Waals surface area (Å²) in [6.45, 7) is 2.45. The van der Waals surface area contributed by atoms with Gasteiger partial charge in [-0.3, -0.25) is 9.48 Å². The Kier molecular flexibility index (Phi) is 4.62. The molecule has 0 bridgehead atoms. The van der Waals surface area contributed by atoms with Gasteiger partial charge in [0.05, 0.1) is 20.6 Å². The molecule has 0 spiro atoms. The highest BCUT2D eigenvalue weighted by atomic mass is 35.5. The minimum absolute atomic E-state index is 0.0799. The Morgan fingerprint density at radius 3 is 2.91 bits per heavy atom. The average molecular weight is 368 g/mol. The van der Waals surface area contributed by atoms with E-state index in [0.717, 1.165) is 21.5 Å². The maximum atomic E-state index is 12.3. The van der Waals surface area contributed by atoms with Crippen LogP contribution in [-0.2, 0) is 13.5 Å². The first kappa shape index (κ1) is 16.3. The van der Waals surface area contributed by atoms with Crippen molar-refractivity contribution < 1.29 is 4.79 Å². The summed E-state index contributed by atoms with van der Waals surface area (Å²) in [6, 6.07) is 7.41. The van der Waals surface area contributed by atoms with E-state index in [4.69, 9.17) is 23.2 Å². The Morgan fingerprint density at radius 1 is 1.39 bits per heavy atom. The number of halogens is 2. The number of carbonyl (C=O) groups excluding carboxylic acids is 1. The molecule has 3 aromatic rings. The van der Waals surface area contributed by atoms with Crippen molar-refractivity contribution in [2.75, 3.05) is 6.54 Å². The van der Waals surface area contributed by atoms with Crippen molar-refractivity contribution in [2.45, 2.75) is 13.3 Å². The average Bonchev–Trinajstić information content (AvgIpc) is 3.06. The Balaban J connectivity index is 1.66. The van der Waals surface area contributed by atoms with Crippen LogP contribution in [0.25, 0.3) is 10.2 Å². The zero-order valence-corrected chi connectivity index (χ0v) is 15.0. The summed E-state index contributed by atoms with van der Waals surface area (Å²) >= 11 is 13.6. The summed E-state index contributed by atoms with van der Waals surface area (Å²) in [5.74, 6) is -0.0799. The molecule has 2 aromatic heterocycles. The van der Waals surface area contributed by atoms with Gasteiger partial charge >= 0.3 is 0 Å². The molecule has 0 radical (unpaired) electrons. The molecule has 3 rings (SSSR count). The molecule has 0 saturated heterocycles. The number of aromatic nitrogens is 2. The van der Waals surface area contributed by atoms with Gasteiger partial charge in [-0.15, -0.1) is 11.3 Å². The lowest BCUT2D eigenvalue weighted by atomic mass is 10.1. The van der Waals surface area contributed by atoms with Crippen molar-refractivity contribution in [3.05, 3.63) is 50.4 Å². The van der Waals surface area contributed by atoms with E-state index in [1.807, 2.05) is 32.2 Å². The lowest BCUT2D eigenvalue weighted by Crippen LogP contribution is -2.24. The standard InChI is InChI=1S/C16H15Cl2N3OS/c1-9-11-8-13(23-16(11)21(2)20-9)15(22)19-7-6-10-4-3-5-12(17)14(10)18/h3-5,8H,6-7H2,1-2H3,(H,19,22). The van der Waals surface area contributed by atoms with Crippen molar-refractivity contribution in [2.24, 2.45) is 7.05 Å². The quantitative estimate of drug-likeness (QED) is 0.750. The monoisotopic (exact) mass is 367 g/mol. The van der Waals surface area contributed by atoms with Gasteiger partial charge in [0.15, 0.2) is 0 Å². The lowest BCUT2D eigenvalue weighted by Gasteiger charge is -2.06. The SMILES string of the molecule is Cc1nn(C)c2sc(C(=O)NCCc3cccc(Cl)c3Cl)cc12. The van der Waals surface area contributed by atoms with Gasteiger partial charge < -0.3 is 5.32 Å². The van der Waals surface area contributed by atoms with Crippen molar-refractivity contribution in [1.82, 2.24) is 15.1 Å². The molecular formula is C16H15Cl2N3OS. The molecule has 1 amide bonds. The van der Waals surface area contributed by atoms with E-state index in [1.54, 1.807) is 10.7 Å². The van der Waals surface area contributed by atoms with Gasteiger partial charge in [-0.05, 0) is 31.0 Å². The Hall–Kier alpha value is -1.56. The fourth-order valence-corrected chi connectivity index (χ4v) is 3.91. The van der Waals surface area contributed by atoms with Crippen LogP contribution in [0.3, 0.4) is 0 Å². The maximum absolute atomic E-state index is 12.3. The number of hydrogen-bond acceptors (Lipinski definition) is 3. The molecule has 0 aliphatic carbocycles. The number of nitrogens with zero attached hydrogens (tertiary/aromatic N) is 2. The Bertz CT molecular complexity index is 850. The van der Waals surface area contributed by atoms with Crippen LogP contribution < -0.4 is 5.32 Å². The van der Waals surface area contributed by atoms with E-state index in [-0.39, 0.29) is 5.91 Å². The van der Waals surface area contributed by atoms with Crippen LogP contribution in [0.15, 0.2) is 24.3 Å². The number of benzene rings is 1. The van der Waals surface area contributed by atoms with Crippen LogP contribution >= 0.6 is 34.5 Å². The second kappa shape index (κ2) is 6.51. The first-order chi connectivity index (χ1) is 11.0. The van der Waals surface area contributed by atoms with Crippen molar-refractivity contribution in [1.29, 1.82) is 0 Å². The zero-order valence-electron chi connectivity index (χ0n) is 12.7. The minimum atomic E-state index is -0.0799. The number of fused-ring (bicyclic) bond motifs is 1. The lowest BCUT2D eigenvalue weighted by molar-refractivity contribution is 0.0958. The van der Waals surface area contributed by atoms with Crippen molar-refractivity contribution in [3.63, 3.8) is 0 Å². The van der Waals surface area contributed by atoms with Crippen LogP contribution in [0.2, 0.25) is 10.0 Å². The molecule has 0 fully saturated rings. The predicted molar refractivity (Wildman–Crippen MR) is 95.8 cm³/mol. The molecule has 0 saturated carbocycles. The van der Waals surface area contributed by atoms with Gasteiger partial charge in [-0.2, -0.15) is 5.10 Å². The topological polar surface area (TPSA) is 46.9 Å². The van der Waals surface area contributed by atoms with Gasteiger partial charge in [0.25, 0.3) is 5.91 Å². The minimum Gasteiger partial charge on any atom is -0.351 e. The molecule has 0 aliphatic rings. The highest BCUT2D eigenvalue weighted by molar-refractivity contribution is 7.20. The molecule has 0 unspecified atom stereocenters. The molecule has 0 aliphatic heterocycles. The van der Waals surface area contributed by atoms with E-state index in [0.29, 0.717) is 27.9 Å². The predicted octanol–water partition coefficient (Wildman–Crippen LogP) is 4.22. The zero-order chi connectivity index (χ0) is 16.6. The second-order valence-electron chi connectivity index (χ2n) is 5.26. The second-order valence-corrected chi connectivity index (χ2v) is 7.07. The smallest absolute Gasteiger partial charge is 0.261 e. The number of carbonyl (C=O) groups is 1. The van der Waals surface area contributed by atoms with Gasteiger partial charge in [0.2, 0.25) is 0 Å². The fourth-order valence-electron chi connectivity index (χ4n) is 2.46. The third-order valence-electron chi connectivity index (χ3n) is 3.63. The number of hydrogen-bond donors (Lipinski definition) is 1. The van der Waals surface area contributed by atoms with Crippen molar-refractivity contribution in [3.8, 4) is 0 Å². The van der Waals surface area contributed by atoms with E-state index in [2.05, 4.69) is 10.4 Å². The van der Waals surface area contributed by atoms with Crippen LogP contribution in [-0.4, -0.2) is 22.2 Å². The number of nitrogens with one attached hydrogen (secondary N) is 1. The summed E-state index contributed by atoms with van der Waals surface area (Å²) in [6.07, 6.45) is 0.636. The number of thiophene rings is 1. The summed E-state index contributed by atoms with van der Waals surface area (Å²) < 4.78 is 1.80.